The summed E-state index contributed by atoms with van der Waals surface area (Å²) in [4.78, 5) is 4.00. The van der Waals surface area contributed by atoms with Crippen LogP contribution >= 0.6 is 12.4 Å². The summed E-state index contributed by atoms with van der Waals surface area (Å²) in [5.41, 5.74) is 7.85. The first kappa shape index (κ1) is 10.8. The number of nitrogens with two attached hydrogens (primary N) is 1. The van der Waals surface area contributed by atoms with Gasteiger partial charge in [0.1, 0.15) is 0 Å². The maximum absolute atomic E-state index is 5.62. The highest BCUT2D eigenvalue weighted by Crippen LogP contribution is 2.12. The zero-order chi connectivity index (χ0) is 9.10. The van der Waals surface area contributed by atoms with Crippen LogP contribution in [0.5, 0.6) is 0 Å². The first-order valence-corrected chi connectivity index (χ1v) is 4.18. The molecular formula is C10H12ClN3. The van der Waals surface area contributed by atoms with Crippen LogP contribution in [-0.2, 0) is 6.54 Å². The summed E-state index contributed by atoms with van der Waals surface area (Å²) < 4.78 is 1.96. The molecule has 0 fully saturated rings. The molecule has 3 nitrogen and oxygen atoms in total. The molecule has 74 valence electrons. The molecule has 0 radical (unpaired) electrons. The lowest BCUT2D eigenvalue weighted by molar-refractivity contribution is 0.983. The molecule has 0 saturated heterocycles. The number of hydrogen-bond acceptors (Lipinski definition) is 2. The van der Waals surface area contributed by atoms with Crippen LogP contribution in [0.3, 0.4) is 0 Å². The van der Waals surface area contributed by atoms with Gasteiger partial charge in [0.25, 0.3) is 0 Å². The second-order valence-corrected chi connectivity index (χ2v) is 2.80. The van der Waals surface area contributed by atoms with E-state index >= 15 is 0 Å². The van der Waals surface area contributed by atoms with Crippen molar-refractivity contribution in [2.45, 2.75) is 6.54 Å². The minimum absolute atomic E-state index is 0. The molecule has 0 aliphatic carbocycles. The van der Waals surface area contributed by atoms with E-state index in [9.17, 15) is 0 Å². The van der Waals surface area contributed by atoms with Gasteiger partial charge in [-0.05, 0) is 11.6 Å². The van der Waals surface area contributed by atoms with Crippen molar-refractivity contribution in [3.05, 3.63) is 48.5 Å². The summed E-state index contributed by atoms with van der Waals surface area (Å²) >= 11 is 0. The third-order valence-corrected chi connectivity index (χ3v) is 1.99. The van der Waals surface area contributed by atoms with Crippen LogP contribution in [0.15, 0.2) is 43.0 Å². The van der Waals surface area contributed by atoms with E-state index in [4.69, 9.17) is 5.73 Å². The van der Waals surface area contributed by atoms with E-state index in [0.29, 0.717) is 6.54 Å². The summed E-state index contributed by atoms with van der Waals surface area (Å²) in [6.45, 7) is 0.550. The van der Waals surface area contributed by atoms with Crippen LogP contribution in [0.4, 0.5) is 0 Å². The SMILES string of the molecule is Cl.NCc1ccccc1-n1ccnc1. The van der Waals surface area contributed by atoms with E-state index < -0.39 is 0 Å². The summed E-state index contributed by atoms with van der Waals surface area (Å²) in [5.74, 6) is 0. The lowest BCUT2D eigenvalue weighted by Gasteiger charge is -2.06. The normalized spacial score (nSPS) is 9.50. The van der Waals surface area contributed by atoms with Gasteiger partial charge in [0.05, 0.1) is 12.0 Å². The number of imidazole rings is 1. The van der Waals surface area contributed by atoms with Crippen LogP contribution < -0.4 is 5.73 Å². The van der Waals surface area contributed by atoms with Gasteiger partial charge in [-0.2, -0.15) is 0 Å². The second-order valence-electron chi connectivity index (χ2n) is 2.80. The number of para-hydroxylation sites is 1. The molecule has 0 bridgehead atoms. The molecule has 4 heteroatoms. The summed E-state index contributed by atoms with van der Waals surface area (Å²) in [6.07, 6.45) is 5.44. The molecule has 0 unspecified atom stereocenters. The second kappa shape index (κ2) is 4.79. The Morgan fingerprint density at radius 3 is 2.71 bits per heavy atom. The molecule has 0 amide bonds. The van der Waals surface area contributed by atoms with E-state index in [-0.39, 0.29) is 12.4 Å². The minimum Gasteiger partial charge on any atom is -0.326 e. The maximum atomic E-state index is 5.62. The van der Waals surface area contributed by atoms with E-state index in [1.807, 2.05) is 35.0 Å². The maximum Gasteiger partial charge on any atom is 0.0991 e. The summed E-state index contributed by atoms with van der Waals surface area (Å²) in [7, 11) is 0. The monoisotopic (exact) mass is 209 g/mol. The fraction of sp³-hybridized carbons (Fsp3) is 0.100. The molecule has 0 aliphatic rings. The fourth-order valence-electron chi connectivity index (χ4n) is 1.34. The van der Waals surface area contributed by atoms with Gasteiger partial charge in [-0.15, -0.1) is 12.4 Å². The highest BCUT2D eigenvalue weighted by Gasteiger charge is 1.99. The number of halogens is 1. The third kappa shape index (κ3) is 1.95. The highest BCUT2D eigenvalue weighted by atomic mass is 35.5. The number of aromatic nitrogens is 2. The quantitative estimate of drug-likeness (QED) is 0.819. The molecule has 1 heterocycles. The zero-order valence-electron chi connectivity index (χ0n) is 7.63. The van der Waals surface area contributed by atoms with Crippen LogP contribution in [-0.4, -0.2) is 9.55 Å². The molecule has 2 rings (SSSR count). The van der Waals surface area contributed by atoms with Gasteiger partial charge >= 0.3 is 0 Å². The summed E-state index contributed by atoms with van der Waals surface area (Å²) in [6, 6.07) is 8.04. The third-order valence-electron chi connectivity index (χ3n) is 1.99. The van der Waals surface area contributed by atoms with Crippen LogP contribution in [0.25, 0.3) is 5.69 Å². The van der Waals surface area contributed by atoms with Gasteiger partial charge in [-0.1, -0.05) is 18.2 Å². The van der Waals surface area contributed by atoms with Crippen molar-refractivity contribution < 1.29 is 0 Å². The molecule has 2 aromatic rings. The molecule has 1 aromatic carbocycles. The average Bonchev–Trinajstić information content (AvgIpc) is 2.70. The minimum atomic E-state index is 0. The van der Waals surface area contributed by atoms with Gasteiger partial charge in [0.2, 0.25) is 0 Å². The van der Waals surface area contributed by atoms with Gasteiger partial charge in [-0.25, -0.2) is 4.98 Å². The number of hydrogen-bond donors (Lipinski definition) is 1. The van der Waals surface area contributed by atoms with Crippen molar-refractivity contribution in [2.75, 3.05) is 0 Å². The van der Waals surface area contributed by atoms with E-state index in [2.05, 4.69) is 4.98 Å². The van der Waals surface area contributed by atoms with E-state index in [0.717, 1.165) is 11.3 Å². The topological polar surface area (TPSA) is 43.8 Å². The van der Waals surface area contributed by atoms with Gasteiger partial charge in [0, 0.05) is 18.9 Å². The van der Waals surface area contributed by atoms with Crippen LogP contribution in [0.1, 0.15) is 5.56 Å². The van der Waals surface area contributed by atoms with E-state index in [1.54, 1.807) is 12.5 Å². The first-order valence-electron chi connectivity index (χ1n) is 4.18. The lowest BCUT2D eigenvalue weighted by Crippen LogP contribution is -2.02. The molecule has 2 N–H and O–H groups in total. The molecule has 14 heavy (non-hydrogen) atoms. The van der Waals surface area contributed by atoms with Crippen molar-refractivity contribution in [3.8, 4) is 5.69 Å². The predicted octanol–water partition coefficient (Wildman–Crippen LogP) is 1.75. The van der Waals surface area contributed by atoms with Gasteiger partial charge < -0.3 is 10.3 Å². The van der Waals surface area contributed by atoms with Crippen molar-refractivity contribution in [2.24, 2.45) is 5.73 Å². The largest absolute Gasteiger partial charge is 0.326 e. The Bertz CT molecular complexity index is 384. The predicted molar refractivity (Wildman–Crippen MR) is 58.7 cm³/mol. The summed E-state index contributed by atoms with van der Waals surface area (Å²) in [5, 5.41) is 0. The van der Waals surface area contributed by atoms with Crippen molar-refractivity contribution in [3.63, 3.8) is 0 Å². The smallest absolute Gasteiger partial charge is 0.0991 e. The Balaban J connectivity index is 0.000000980. The average molecular weight is 210 g/mol. The fourth-order valence-corrected chi connectivity index (χ4v) is 1.34. The Hall–Kier alpha value is -1.32. The Morgan fingerprint density at radius 2 is 2.07 bits per heavy atom. The van der Waals surface area contributed by atoms with Crippen molar-refractivity contribution in [1.29, 1.82) is 0 Å². The number of benzene rings is 1. The molecular weight excluding hydrogens is 198 g/mol. The lowest BCUT2D eigenvalue weighted by atomic mass is 10.2. The standard InChI is InChI=1S/C10H11N3.ClH/c11-7-9-3-1-2-4-10(9)13-6-5-12-8-13;/h1-6,8H,7,11H2;1H. The molecule has 0 atom stereocenters. The van der Waals surface area contributed by atoms with Crippen LogP contribution in [0, 0.1) is 0 Å². The molecule has 1 aromatic heterocycles. The molecule has 0 aliphatic heterocycles. The Kier molecular flexibility index (Phi) is 3.68. The first-order chi connectivity index (χ1) is 6.42. The Morgan fingerprint density at radius 1 is 1.29 bits per heavy atom. The molecule has 0 saturated carbocycles. The van der Waals surface area contributed by atoms with Crippen LogP contribution in [0.2, 0.25) is 0 Å². The van der Waals surface area contributed by atoms with E-state index in [1.165, 1.54) is 0 Å². The number of nitrogens with zero attached hydrogens (tertiary/aromatic N) is 2. The number of rotatable bonds is 2. The van der Waals surface area contributed by atoms with Crippen molar-refractivity contribution in [1.82, 2.24) is 9.55 Å². The van der Waals surface area contributed by atoms with Gasteiger partial charge in [-0.3, -0.25) is 0 Å². The highest BCUT2D eigenvalue weighted by molar-refractivity contribution is 5.85. The van der Waals surface area contributed by atoms with Crippen molar-refractivity contribution >= 4 is 12.4 Å². The molecule has 0 spiro atoms. The Labute approximate surface area is 89.0 Å². The zero-order valence-corrected chi connectivity index (χ0v) is 8.45. The van der Waals surface area contributed by atoms with Gasteiger partial charge in [0.15, 0.2) is 0 Å².